The van der Waals surface area contributed by atoms with Crippen molar-refractivity contribution in [1.29, 1.82) is 0 Å². The fourth-order valence-corrected chi connectivity index (χ4v) is 7.39. The van der Waals surface area contributed by atoms with Crippen molar-refractivity contribution in [2.45, 2.75) is 19.8 Å². The van der Waals surface area contributed by atoms with Gasteiger partial charge in [0.1, 0.15) is 0 Å². The number of nitrogen functional groups attached to an aromatic ring is 1. The molecular weight excluding hydrogens is 694 g/mol. The van der Waals surface area contributed by atoms with E-state index in [1.165, 1.54) is 70.7 Å². The molecule has 8 rings (SSSR count). The van der Waals surface area contributed by atoms with E-state index in [0.29, 0.717) is 11.3 Å². The SMILES string of the molecule is Brc1ccc2c(c1)Cc1ccccc1-2.COC(=O)c1ccccc1N.Cc1ccccc1Cc1ccc2c(c1)sc1ccccc12.O=C=O. The summed E-state index contributed by atoms with van der Waals surface area (Å²) < 4.78 is 8.44. The summed E-state index contributed by atoms with van der Waals surface area (Å²) in [7, 11) is 1.33. The van der Waals surface area contributed by atoms with Gasteiger partial charge in [0.2, 0.25) is 0 Å². The number of fused-ring (bicyclic) bond motifs is 6. The molecule has 1 aromatic heterocycles. The van der Waals surface area contributed by atoms with Crippen LogP contribution in [0.2, 0.25) is 0 Å². The summed E-state index contributed by atoms with van der Waals surface area (Å²) >= 11 is 5.40. The minimum atomic E-state index is -0.400. The first kappa shape index (κ1) is 35.0. The number of thiophene rings is 1. The number of aryl methyl sites for hydroxylation is 1. The number of carbonyl (C=O) groups excluding carboxylic acids is 3. The van der Waals surface area contributed by atoms with E-state index in [1.807, 2.05) is 11.3 Å². The molecule has 1 aliphatic rings. The summed E-state index contributed by atoms with van der Waals surface area (Å²) in [4.78, 5) is 27.2. The lowest BCUT2D eigenvalue weighted by Gasteiger charge is -2.05. The number of halogens is 1. The summed E-state index contributed by atoms with van der Waals surface area (Å²) in [5.74, 6) is -0.400. The van der Waals surface area contributed by atoms with Gasteiger partial charge in [-0.15, -0.1) is 11.3 Å². The molecule has 244 valence electrons. The van der Waals surface area contributed by atoms with Gasteiger partial charge in [-0.2, -0.15) is 9.59 Å². The Morgan fingerprint density at radius 1 is 0.755 bits per heavy atom. The third-order valence-electron chi connectivity index (χ3n) is 8.22. The molecule has 0 saturated heterocycles. The van der Waals surface area contributed by atoms with Crippen LogP contribution in [0.1, 0.15) is 38.2 Å². The average Bonchev–Trinajstić information content (AvgIpc) is 3.67. The number of anilines is 1. The third kappa shape index (κ3) is 8.59. The van der Waals surface area contributed by atoms with Crippen molar-refractivity contribution >= 4 is 65.2 Å². The van der Waals surface area contributed by atoms with E-state index >= 15 is 0 Å². The van der Waals surface area contributed by atoms with Gasteiger partial charge in [0.25, 0.3) is 0 Å². The number of esters is 1. The molecule has 0 saturated carbocycles. The van der Waals surface area contributed by atoms with Crippen LogP contribution in [-0.2, 0) is 27.2 Å². The first-order valence-corrected chi connectivity index (χ1v) is 17.2. The number of benzene rings is 6. The number of rotatable bonds is 3. The normalized spacial score (nSPS) is 10.6. The Morgan fingerprint density at radius 2 is 1.41 bits per heavy atom. The standard InChI is InChI=1S/C20H16S.C13H9Br.C8H9NO2.CO2/c1-14-6-2-3-7-16(14)12-15-10-11-18-17-8-4-5-9-19(17)21-20(18)13-15;14-11-5-6-13-10(8-11)7-9-3-1-2-4-12(9)13;1-11-8(10)6-4-2-3-5-7(6)9;2-1-3/h2-11,13H,12H2,1H3;1-6,8H,7H2;2-5H,9H2,1H3;. The molecule has 7 heteroatoms. The van der Waals surface area contributed by atoms with Crippen molar-refractivity contribution in [1.82, 2.24) is 0 Å². The minimum absolute atomic E-state index is 0.250. The zero-order chi connectivity index (χ0) is 34.8. The zero-order valence-electron chi connectivity index (χ0n) is 27.1. The van der Waals surface area contributed by atoms with Crippen molar-refractivity contribution in [2.75, 3.05) is 12.8 Å². The van der Waals surface area contributed by atoms with E-state index in [4.69, 9.17) is 15.3 Å². The number of para-hydroxylation sites is 1. The van der Waals surface area contributed by atoms with Crippen molar-refractivity contribution in [3.8, 4) is 11.1 Å². The van der Waals surface area contributed by atoms with Crippen LogP contribution in [0.3, 0.4) is 0 Å². The van der Waals surface area contributed by atoms with Gasteiger partial charge in [-0.1, -0.05) is 113 Å². The highest BCUT2D eigenvalue weighted by atomic mass is 79.9. The van der Waals surface area contributed by atoms with Crippen LogP contribution in [0.15, 0.2) is 138 Å². The fourth-order valence-electron chi connectivity index (χ4n) is 5.82. The van der Waals surface area contributed by atoms with Gasteiger partial charge in [0.15, 0.2) is 0 Å². The van der Waals surface area contributed by atoms with Gasteiger partial charge >= 0.3 is 12.1 Å². The molecule has 0 bridgehead atoms. The minimum Gasteiger partial charge on any atom is -0.465 e. The Labute approximate surface area is 298 Å². The van der Waals surface area contributed by atoms with Gasteiger partial charge in [-0.3, -0.25) is 0 Å². The highest BCUT2D eigenvalue weighted by Gasteiger charge is 2.17. The lowest BCUT2D eigenvalue weighted by molar-refractivity contribution is -0.191. The topological polar surface area (TPSA) is 86.5 Å². The van der Waals surface area contributed by atoms with Crippen molar-refractivity contribution < 1.29 is 19.1 Å². The van der Waals surface area contributed by atoms with Crippen LogP contribution in [-0.4, -0.2) is 19.2 Å². The number of carbonyl (C=O) groups is 1. The second-order valence-corrected chi connectivity index (χ2v) is 13.3. The zero-order valence-corrected chi connectivity index (χ0v) is 29.5. The van der Waals surface area contributed by atoms with Gasteiger partial charge in [0, 0.05) is 30.3 Å². The Hall–Kier alpha value is -5.33. The van der Waals surface area contributed by atoms with Gasteiger partial charge < -0.3 is 10.5 Å². The molecule has 0 unspecified atom stereocenters. The maximum absolute atomic E-state index is 10.9. The Kier molecular flexibility index (Phi) is 11.9. The molecule has 7 aromatic rings. The van der Waals surface area contributed by atoms with E-state index < -0.39 is 5.97 Å². The molecule has 0 aliphatic heterocycles. The number of nitrogens with two attached hydrogens (primary N) is 1. The number of hydrogen-bond acceptors (Lipinski definition) is 6. The first-order valence-electron chi connectivity index (χ1n) is 15.6. The molecule has 1 heterocycles. The predicted octanol–water partition coefficient (Wildman–Crippen LogP) is 10.4. The summed E-state index contributed by atoms with van der Waals surface area (Å²) in [6, 6.07) is 46.2. The Morgan fingerprint density at radius 3 is 2.18 bits per heavy atom. The molecule has 1 aliphatic carbocycles. The highest BCUT2D eigenvalue weighted by Crippen LogP contribution is 2.37. The van der Waals surface area contributed by atoms with E-state index in [9.17, 15) is 4.79 Å². The maximum atomic E-state index is 10.9. The number of methoxy groups -OCH3 is 1. The third-order valence-corrected chi connectivity index (χ3v) is 9.85. The van der Waals surface area contributed by atoms with Crippen LogP contribution < -0.4 is 5.73 Å². The van der Waals surface area contributed by atoms with Crippen LogP contribution in [0.4, 0.5) is 5.69 Å². The van der Waals surface area contributed by atoms with Crippen molar-refractivity contribution in [3.63, 3.8) is 0 Å². The fraction of sp³-hybridized carbons (Fsp3) is 0.0952. The summed E-state index contributed by atoms with van der Waals surface area (Å²) in [6.45, 7) is 2.19. The Balaban J connectivity index is 0.000000146. The summed E-state index contributed by atoms with van der Waals surface area (Å²) in [5, 5.41) is 2.75. The molecular formula is C42H34BrNO4S. The lowest BCUT2D eigenvalue weighted by Crippen LogP contribution is -2.04. The van der Waals surface area contributed by atoms with Crippen LogP contribution in [0.5, 0.6) is 0 Å². The van der Waals surface area contributed by atoms with E-state index in [2.05, 4.69) is 137 Å². The summed E-state index contributed by atoms with van der Waals surface area (Å²) in [6.07, 6.45) is 2.34. The number of ether oxygens (including phenoxy) is 1. The molecule has 2 N–H and O–H groups in total. The van der Waals surface area contributed by atoms with Crippen LogP contribution in [0, 0.1) is 6.92 Å². The van der Waals surface area contributed by atoms with E-state index in [-0.39, 0.29) is 6.15 Å². The van der Waals surface area contributed by atoms with Crippen molar-refractivity contribution in [3.05, 3.63) is 171 Å². The first-order chi connectivity index (χ1) is 23.8. The molecule has 6 aromatic carbocycles. The quantitative estimate of drug-likeness (QED) is 0.145. The summed E-state index contributed by atoms with van der Waals surface area (Å²) in [5.41, 5.74) is 16.2. The molecule has 0 spiro atoms. The molecule has 0 atom stereocenters. The molecule has 49 heavy (non-hydrogen) atoms. The number of hydrogen-bond donors (Lipinski definition) is 1. The maximum Gasteiger partial charge on any atom is 0.373 e. The predicted molar refractivity (Wildman–Crippen MR) is 203 cm³/mol. The lowest BCUT2D eigenvalue weighted by atomic mass is 10.00. The molecule has 0 fully saturated rings. The monoisotopic (exact) mass is 727 g/mol. The molecule has 0 amide bonds. The van der Waals surface area contributed by atoms with Gasteiger partial charge in [-0.05, 0) is 95.1 Å². The van der Waals surface area contributed by atoms with Gasteiger partial charge in [0.05, 0.1) is 12.7 Å². The van der Waals surface area contributed by atoms with E-state index in [0.717, 1.165) is 12.8 Å². The van der Waals surface area contributed by atoms with Gasteiger partial charge in [-0.25, -0.2) is 4.79 Å². The van der Waals surface area contributed by atoms with Crippen LogP contribution >= 0.6 is 27.3 Å². The van der Waals surface area contributed by atoms with Crippen molar-refractivity contribution in [2.24, 2.45) is 0 Å². The second kappa shape index (κ2) is 16.7. The van der Waals surface area contributed by atoms with E-state index in [1.54, 1.807) is 24.3 Å². The largest absolute Gasteiger partial charge is 0.465 e. The van der Waals surface area contributed by atoms with Crippen LogP contribution in [0.25, 0.3) is 31.3 Å². The molecule has 5 nitrogen and oxygen atoms in total. The Bertz CT molecular complexity index is 2270. The average molecular weight is 729 g/mol. The smallest absolute Gasteiger partial charge is 0.373 e. The highest BCUT2D eigenvalue weighted by molar-refractivity contribution is 9.10. The second-order valence-electron chi connectivity index (χ2n) is 11.3. The molecule has 0 radical (unpaired) electrons.